The average molecular weight is 469 g/mol. The minimum atomic E-state index is -1.25. The van der Waals surface area contributed by atoms with E-state index in [1.165, 1.54) is 21.3 Å². The fraction of sp³-hybridized carbons (Fsp3) is 0.333. The number of methoxy groups -OCH3 is 3. The Balaban J connectivity index is 2.58. The van der Waals surface area contributed by atoms with E-state index in [0.29, 0.717) is 15.8 Å². The van der Waals surface area contributed by atoms with Gasteiger partial charge in [-0.15, -0.1) is 0 Å². The maximum Gasteiger partial charge on any atom is 0.319 e. The van der Waals surface area contributed by atoms with Gasteiger partial charge in [0.05, 0.1) is 48.2 Å². The number of hydrogen-bond acceptors (Lipinski definition) is 8. The summed E-state index contributed by atoms with van der Waals surface area (Å²) in [6.07, 6.45) is 0. The molecule has 1 aliphatic heterocycles. The van der Waals surface area contributed by atoms with E-state index >= 15 is 0 Å². The van der Waals surface area contributed by atoms with Gasteiger partial charge in [0.15, 0.2) is 0 Å². The Morgan fingerprint density at radius 3 is 2.54 bits per heavy atom. The van der Waals surface area contributed by atoms with Crippen molar-refractivity contribution in [2.24, 2.45) is 5.92 Å². The van der Waals surface area contributed by atoms with E-state index in [-0.39, 0.29) is 16.4 Å². The van der Waals surface area contributed by atoms with Gasteiger partial charge in [0, 0.05) is 5.92 Å². The molecule has 8 nitrogen and oxygen atoms in total. The molecule has 1 amide bonds. The molecule has 0 aliphatic carbocycles. The zero-order valence-electron chi connectivity index (χ0n) is 15.3. The Kier molecular flexibility index (Phi) is 7.48. The molecule has 148 valence electrons. The molecule has 1 aliphatic rings. The Hall–Kier alpha value is -2.51. The molecule has 1 N–H and O–H groups in total. The Morgan fingerprint density at radius 1 is 1.29 bits per heavy atom. The molecule has 2 atom stereocenters. The highest BCUT2D eigenvalue weighted by Gasteiger charge is 2.44. The van der Waals surface area contributed by atoms with E-state index in [1.54, 1.807) is 18.2 Å². The third-order valence-corrected chi connectivity index (χ3v) is 5.69. The molecule has 0 radical (unpaired) electrons. The summed E-state index contributed by atoms with van der Waals surface area (Å²) in [6.45, 7) is 0. The number of halogens is 1. The second-order valence-corrected chi connectivity index (χ2v) is 7.42. The van der Waals surface area contributed by atoms with Gasteiger partial charge in [-0.25, -0.2) is 0 Å². The van der Waals surface area contributed by atoms with Crippen LogP contribution < -0.4 is 10.1 Å². The van der Waals surface area contributed by atoms with Crippen LogP contribution in [0.5, 0.6) is 5.75 Å². The van der Waals surface area contributed by atoms with E-state index in [9.17, 15) is 19.6 Å². The second kappa shape index (κ2) is 9.61. The smallest absolute Gasteiger partial charge is 0.319 e. The summed E-state index contributed by atoms with van der Waals surface area (Å²) in [5, 5.41) is 12.5. The number of esters is 2. The lowest BCUT2D eigenvalue weighted by molar-refractivity contribution is -0.150. The predicted molar refractivity (Wildman–Crippen MR) is 104 cm³/mol. The Labute approximate surface area is 174 Å². The largest absolute Gasteiger partial charge is 0.496 e. The second-order valence-electron chi connectivity index (χ2n) is 5.58. The topological polar surface area (TPSA) is 115 Å². The van der Waals surface area contributed by atoms with Crippen molar-refractivity contribution in [1.29, 1.82) is 5.26 Å². The first-order valence-electron chi connectivity index (χ1n) is 7.93. The van der Waals surface area contributed by atoms with Gasteiger partial charge < -0.3 is 19.5 Å². The summed E-state index contributed by atoms with van der Waals surface area (Å²) in [5.74, 6) is -3.56. The summed E-state index contributed by atoms with van der Waals surface area (Å²) in [6, 6.07) is 7.07. The molecular weight excluding hydrogens is 452 g/mol. The number of rotatable bonds is 6. The molecule has 1 heterocycles. The maximum absolute atomic E-state index is 12.7. The standard InChI is InChI=1S/C18H17BrN2O6S/c1-25-12-5-4-9(6-11(12)19)14-10(7-20)17(28-8-13(22)26-2)21-16(23)15(14)18(24)27-3/h4-6,14-15H,8H2,1-3H3,(H,21,23)/t14-,15-/m1/s1. The highest BCUT2D eigenvalue weighted by molar-refractivity contribution is 9.10. The van der Waals surface area contributed by atoms with Crippen molar-refractivity contribution in [3.05, 3.63) is 38.8 Å². The van der Waals surface area contributed by atoms with Gasteiger partial charge in [-0.1, -0.05) is 17.8 Å². The van der Waals surface area contributed by atoms with Crippen LogP contribution in [0.1, 0.15) is 11.5 Å². The molecule has 0 fully saturated rings. The highest BCUT2D eigenvalue weighted by atomic mass is 79.9. The number of nitriles is 1. The highest BCUT2D eigenvalue weighted by Crippen LogP contribution is 2.41. The van der Waals surface area contributed by atoms with Gasteiger partial charge >= 0.3 is 11.9 Å². The van der Waals surface area contributed by atoms with Crippen LogP contribution in [0.15, 0.2) is 33.3 Å². The van der Waals surface area contributed by atoms with Gasteiger partial charge in [-0.3, -0.25) is 14.4 Å². The Morgan fingerprint density at radius 2 is 2.00 bits per heavy atom. The van der Waals surface area contributed by atoms with E-state index in [0.717, 1.165) is 11.8 Å². The number of carbonyl (C=O) groups is 3. The lowest BCUT2D eigenvalue weighted by Gasteiger charge is -2.31. The number of hydrogen-bond donors (Lipinski definition) is 1. The zero-order valence-corrected chi connectivity index (χ0v) is 17.7. The van der Waals surface area contributed by atoms with Crippen LogP contribution in [-0.4, -0.2) is 44.9 Å². The lowest BCUT2D eigenvalue weighted by Crippen LogP contribution is -2.44. The molecule has 0 saturated carbocycles. The fourth-order valence-corrected chi connectivity index (χ4v) is 4.18. The van der Waals surface area contributed by atoms with Crippen LogP contribution in [0.3, 0.4) is 0 Å². The van der Waals surface area contributed by atoms with Crippen molar-refractivity contribution in [2.75, 3.05) is 27.1 Å². The number of allylic oxidation sites excluding steroid dienone is 1. The van der Waals surface area contributed by atoms with Crippen LogP contribution in [0.4, 0.5) is 0 Å². The SMILES string of the molecule is COC(=O)CSC1=C(C#N)[C@@H](c2ccc(OC)c(Br)c2)[C@@H](C(=O)OC)C(=O)N1. The molecule has 10 heteroatoms. The van der Waals surface area contributed by atoms with Gasteiger partial charge in [-0.05, 0) is 33.6 Å². The van der Waals surface area contributed by atoms with Crippen LogP contribution in [0.2, 0.25) is 0 Å². The summed E-state index contributed by atoms with van der Waals surface area (Å²) < 4.78 is 15.2. The number of amides is 1. The van der Waals surface area contributed by atoms with Crippen LogP contribution in [-0.2, 0) is 23.9 Å². The fourth-order valence-electron chi connectivity index (χ4n) is 2.75. The number of carbonyl (C=O) groups excluding carboxylic acids is 3. The first-order chi connectivity index (χ1) is 13.4. The van der Waals surface area contributed by atoms with E-state index in [4.69, 9.17) is 9.47 Å². The van der Waals surface area contributed by atoms with Gasteiger partial charge in [0.25, 0.3) is 0 Å². The lowest BCUT2D eigenvalue weighted by atomic mass is 9.78. The monoisotopic (exact) mass is 468 g/mol. The average Bonchev–Trinajstić information content (AvgIpc) is 2.70. The minimum absolute atomic E-state index is 0.0980. The molecule has 0 unspecified atom stereocenters. The third-order valence-electron chi connectivity index (χ3n) is 4.08. The van der Waals surface area contributed by atoms with Crippen molar-refractivity contribution >= 4 is 45.5 Å². The number of ether oxygens (including phenoxy) is 3. The molecule has 28 heavy (non-hydrogen) atoms. The summed E-state index contributed by atoms with van der Waals surface area (Å²) in [5.41, 5.74) is 0.701. The van der Waals surface area contributed by atoms with Crippen molar-refractivity contribution in [1.82, 2.24) is 5.32 Å². The summed E-state index contributed by atoms with van der Waals surface area (Å²) >= 11 is 4.33. The molecule has 1 aromatic rings. The summed E-state index contributed by atoms with van der Waals surface area (Å²) in [7, 11) is 3.92. The summed E-state index contributed by atoms with van der Waals surface area (Å²) in [4.78, 5) is 36.4. The van der Waals surface area contributed by atoms with Gasteiger partial charge in [-0.2, -0.15) is 5.26 Å². The number of nitrogens with zero attached hydrogens (tertiary/aromatic N) is 1. The van der Waals surface area contributed by atoms with Crippen LogP contribution in [0.25, 0.3) is 0 Å². The van der Waals surface area contributed by atoms with Gasteiger partial charge in [0.1, 0.15) is 11.7 Å². The minimum Gasteiger partial charge on any atom is -0.496 e. The molecule has 2 rings (SSSR count). The van der Waals surface area contributed by atoms with Crippen molar-refractivity contribution in [3.63, 3.8) is 0 Å². The normalized spacial score (nSPS) is 18.8. The third kappa shape index (κ3) is 4.48. The molecule has 1 aromatic carbocycles. The molecule has 0 bridgehead atoms. The molecule has 0 saturated heterocycles. The quantitative estimate of drug-likeness (QED) is 0.498. The zero-order chi connectivity index (χ0) is 20.8. The first-order valence-corrected chi connectivity index (χ1v) is 9.71. The van der Waals surface area contributed by atoms with Crippen molar-refractivity contribution < 1.29 is 28.6 Å². The number of benzene rings is 1. The molecule has 0 aromatic heterocycles. The van der Waals surface area contributed by atoms with Crippen molar-refractivity contribution in [2.45, 2.75) is 5.92 Å². The molecular formula is C18H17BrN2O6S. The van der Waals surface area contributed by atoms with Gasteiger partial charge in [0.2, 0.25) is 5.91 Å². The Bertz CT molecular complexity index is 879. The number of thioether (sulfide) groups is 1. The van der Waals surface area contributed by atoms with E-state index < -0.39 is 29.7 Å². The van der Waals surface area contributed by atoms with E-state index in [1.807, 2.05) is 0 Å². The van der Waals surface area contributed by atoms with Crippen LogP contribution in [0, 0.1) is 17.2 Å². The van der Waals surface area contributed by atoms with E-state index in [2.05, 4.69) is 32.1 Å². The maximum atomic E-state index is 12.7. The predicted octanol–water partition coefficient (Wildman–Crippen LogP) is 2.10. The molecule has 0 spiro atoms. The van der Waals surface area contributed by atoms with Crippen molar-refractivity contribution in [3.8, 4) is 11.8 Å². The van der Waals surface area contributed by atoms with Crippen LogP contribution >= 0.6 is 27.7 Å². The number of nitrogens with one attached hydrogen (secondary N) is 1. The first kappa shape index (κ1) is 21.8.